The van der Waals surface area contributed by atoms with Crippen LogP contribution in [0, 0.1) is 10.8 Å². The number of rotatable bonds is 7. The van der Waals surface area contributed by atoms with Gasteiger partial charge in [-0.25, -0.2) is 9.97 Å². The highest BCUT2D eigenvalue weighted by molar-refractivity contribution is 7.92. The van der Waals surface area contributed by atoms with Crippen LogP contribution in [0.15, 0.2) is 71.8 Å². The summed E-state index contributed by atoms with van der Waals surface area (Å²) in [5, 5.41) is 9.91. The summed E-state index contributed by atoms with van der Waals surface area (Å²) >= 11 is 1.28. The molecule has 5 rings (SSSR count). The second-order valence-electron chi connectivity index (χ2n) is 14.3. The molecule has 0 unspecified atom stereocenters. The molecule has 0 atom stereocenters. The Labute approximate surface area is 288 Å². The first kappa shape index (κ1) is 35.3. The van der Waals surface area contributed by atoms with Crippen LogP contribution < -0.4 is 14.4 Å². The number of thiazole rings is 1. The SMILES string of the molecule is CC(C)(C)CCOc1cccc(-c2sc3nc2-c2ccccc2CCCCCCN(CC(C)(C)C(=O)O)c2cccc(n2)S(=O)(=O)N3)c1. The van der Waals surface area contributed by atoms with E-state index in [1.165, 1.54) is 17.4 Å². The standard InChI is InChI=1S/C37H46N4O5S2/c1-36(2,3)21-23-46-28-17-12-16-27(24-28)33-32-29-18-10-9-15-26(29)14-8-6-7-11-22-41(25-37(4,5)34(42)43)30-19-13-20-31(38-30)48(44,45)40-35(39-32)47-33/h9-10,12-13,15-20,24H,6-8,11,14,21-23,25H2,1-5H3,(H,39,40)(H,42,43). The molecule has 0 amide bonds. The van der Waals surface area contributed by atoms with Crippen molar-refractivity contribution in [3.63, 3.8) is 0 Å². The molecule has 9 nitrogen and oxygen atoms in total. The summed E-state index contributed by atoms with van der Waals surface area (Å²) in [4.78, 5) is 24.2. The summed E-state index contributed by atoms with van der Waals surface area (Å²) in [6.07, 6.45) is 5.49. The van der Waals surface area contributed by atoms with E-state index in [0.29, 0.717) is 24.7 Å². The van der Waals surface area contributed by atoms with Gasteiger partial charge < -0.3 is 14.7 Å². The van der Waals surface area contributed by atoms with E-state index >= 15 is 0 Å². The number of nitrogens with one attached hydrogen (secondary N) is 1. The Morgan fingerprint density at radius 1 is 0.958 bits per heavy atom. The van der Waals surface area contributed by atoms with Crippen molar-refractivity contribution in [2.75, 3.05) is 29.3 Å². The van der Waals surface area contributed by atoms with E-state index < -0.39 is 21.4 Å². The van der Waals surface area contributed by atoms with Crippen LogP contribution in [0.5, 0.6) is 5.75 Å². The van der Waals surface area contributed by atoms with Crippen LogP contribution in [-0.4, -0.2) is 49.2 Å². The minimum atomic E-state index is -4.14. The van der Waals surface area contributed by atoms with E-state index in [4.69, 9.17) is 9.72 Å². The van der Waals surface area contributed by atoms with Crippen molar-refractivity contribution < 1.29 is 23.1 Å². The van der Waals surface area contributed by atoms with Crippen molar-refractivity contribution in [3.8, 4) is 27.4 Å². The molecule has 3 heterocycles. The molecule has 4 bridgehead atoms. The van der Waals surface area contributed by atoms with Crippen LogP contribution in [-0.2, 0) is 21.2 Å². The van der Waals surface area contributed by atoms with Gasteiger partial charge in [0.1, 0.15) is 11.6 Å². The number of ether oxygens (including phenoxy) is 1. The lowest BCUT2D eigenvalue weighted by Crippen LogP contribution is -2.40. The van der Waals surface area contributed by atoms with Crippen molar-refractivity contribution in [2.45, 2.75) is 78.2 Å². The third kappa shape index (κ3) is 8.93. The summed E-state index contributed by atoms with van der Waals surface area (Å²) in [6, 6.07) is 20.9. The Morgan fingerprint density at radius 2 is 1.71 bits per heavy atom. The first-order valence-electron chi connectivity index (χ1n) is 16.5. The number of benzene rings is 2. The molecule has 256 valence electrons. The van der Waals surface area contributed by atoms with Crippen molar-refractivity contribution in [2.24, 2.45) is 10.8 Å². The van der Waals surface area contributed by atoms with Crippen molar-refractivity contribution >= 4 is 38.3 Å². The van der Waals surface area contributed by atoms with Gasteiger partial charge in [-0.2, -0.15) is 8.42 Å². The van der Waals surface area contributed by atoms with Gasteiger partial charge in [-0.3, -0.25) is 9.52 Å². The summed E-state index contributed by atoms with van der Waals surface area (Å²) in [7, 11) is -4.14. The minimum absolute atomic E-state index is 0.151. The molecular weight excluding hydrogens is 645 g/mol. The zero-order valence-corrected chi connectivity index (χ0v) is 30.1. The number of aryl methyl sites for hydroxylation is 1. The first-order valence-corrected chi connectivity index (χ1v) is 18.8. The highest BCUT2D eigenvalue weighted by Crippen LogP contribution is 2.42. The van der Waals surface area contributed by atoms with E-state index in [2.05, 4.69) is 42.6 Å². The van der Waals surface area contributed by atoms with Crippen LogP contribution >= 0.6 is 11.3 Å². The number of carboxylic acid groups (broad SMARTS) is 1. The average Bonchev–Trinajstić information content (AvgIpc) is 3.44. The number of sulfonamides is 1. The van der Waals surface area contributed by atoms with Gasteiger partial charge in [0, 0.05) is 18.7 Å². The molecule has 1 aliphatic rings. The Kier molecular flexibility index (Phi) is 10.8. The van der Waals surface area contributed by atoms with Gasteiger partial charge in [0.2, 0.25) is 0 Å². The van der Waals surface area contributed by atoms with Gasteiger partial charge in [0.25, 0.3) is 10.0 Å². The van der Waals surface area contributed by atoms with Gasteiger partial charge in [0.05, 0.1) is 22.6 Å². The second kappa shape index (κ2) is 14.7. The monoisotopic (exact) mass is 690 g/mol. The van der Waals surface area contributed by atoms with E-state index in [-0.39, 0.29) is 22.1 Å². The molecule has 0 spiro atoms. The number of carbonyl (C=O) groups is 1. The van der Waals surface area contributed by atoms with Gasteiger partial charge in [-0.15, -0.1) is 0 Å². The van der Waals surface area contributed by atoms with E-state index in [9.17, 15) is 18.3 Å². The highest BCUT2D eigenvalue weighted by Gasteiger charge is 2.31. The van der Waals surface area contributed by atoms with Crippen LogP contribution in [0.4, 0.5) is 10.9 Å². The topological polar surface area (TPSA) is 122 Å². The lowest BCUT2D eigenvalue weighted by molar-refractivity contribution is -0.146. The van der Waals surface area contributed by atoms with E-state index in [1.54, 1.807) is 26.0 Å². The number of nitrogens with zero attached hydrogens (tertiary/aromatic N) is 3. The number of aliphatic carboxylic acids is 1. The number of pyridine rings is 1. The van der Waals surface area contributed by atoms with Crippen LogP contribution in [0.1, 0.15) is 72.3 Å². The van der Waals surface area contributed by atoms with Gasteiger partial charge in [0.15, 0.2) is 10.2 Å². The molecule has 11 heteroatoms. The van der Waals surface area contributed by atoms with Crippen LogP contribution in [0.3, 0.4) is 0 Å². The second-order valence-corrected chi connectivity index (χ2v) is 16.9. The van der Waals surface area contributed by atoms with Crippen molar-refractivity contribution in [3.05, 3.63) is 72.3 Å². The maximum absolute atomic E-state index is 13.8. The summed E-state index contributed by atoms with van der Waals surface area (Å²) in [5.74, 6) is 0.248. The maximum atomic E-state index is 13.8. The molecule has 0 saturated carbocycles. The fourth-order valence-electron chi connectivity index (χ4n) is 5.60. The third-order valence-electron chi connectivity index (χ3n) is 8.44. The Morgan fingerprint density at radius 3 is 2.48 bits per heavy atom. The maximum Gasteiger partial charge on any atom is 0.310 e. The highest BCUT2D eigenvalue weighted by atomic mass is 32.2. The largest absolute Gasteiger partial charge is 0.494 e. The Balaban J connectivity index is 1.56. The summed E-state index contributed by atoms with van der Waals surface area (Å²) < 4.78 is 36.5. The number of hydrogen-bond donors (Lipinski definition) is 2. The number of hydrogen-bond acceptors (Lipinski definition) is 8. The van der Waals surface area contributed by atoms with Crippen LogP contribution in [0.25, 0.3) is 21.7 Å². The van der Waals surface area contributed by atoms with Crippen molar-refractivity contribution in [1.82, 2.24) is 9.97 Å². The number of fused-ring (bicyclic) bond motifs is 6. The molecule has 0 saturated heterocycles. The molecule has 0 aliphatic carbocycles. The normalized spacial score (nSPS) is 15.6. The summed E-state index contributed by atoms with van der Waals surface area (Å²) in [5.41, 5.74) is 2.83. The average molecular weight is 691 g/mol. The number of carboxylic acids is 1. The molecular formula is C37H46N4O5S2. The molecule has 0 radical (unpaired) electrons. The van der Waals surface area contributed by atoms with Gasteiger partial charge in [-0.05, 0) is 80.3 Å². The zero-order valence-electron chi connectivity index (χ0n) is 28.5. The van der Waals surface area contributed by atoms with Crippen LogP contribution in [0.2, 0.25) is 0 Å². The molecule has 1 aliphatic heterocycles. The van der Waals surface area contributed by atoms with Gasteiger partial charge in [-0.1, -0.05) is 87.4 Å². The lowest BCUT2D eigenvalue weighted by Gasteiger charge is -2.31. The molecule has 2 aromatic heterocycles. The Hall–Kier alpha value is -3.96. The minimum Gasteiger partial charge on any atom is -0.494 e. The number of anilines is 2. The zero-order chi connectivity index (χ0) is 34.5. The molecule has 4 aromatic rings. The van der Waals surface area contributed by atoms with Gasteiger partial charge >= 0.3 is 5.97 Å². The third-order valence-corrected chi connectivity index (χ3v) is 10.8. The molecule has 48 heavy (non-hydrogen) atoms. The van der Waals surface area contributed by atoms with Crippen molar-refractivity contribution in [1.29, 1.82) is 0 Å². The quantitative estimate of drug-likeness (QED) is 0.198. The Bertz CT molecular complexity index is 1850. The van der Waals surface area contributed by atoms with E-state index in [0.717, 1.165) is 65.8 Å². The lowest BCUT2D eigenvalue weighted by atomic mass is 9.93. The summed E-state index contributed by atoms with van der Waals surface area (Å²) in [6.45, 7) is 11.2. The fraction of sp³-hybridized carbons (Fsp3) is 0.432. The number of aromatic nitrogens is 2. The molecule has 0 fully saturated rings. The fourth-order valence-corrected chi connectivity index (χ4v) is 7.78. The van der Waals surface area contributed by atoms with E-state index in [1.807, 2.05) is 41.3 Å². The molecule has 2 N–H and O–H groups in total. The first-order chi connectivity index (χ1) is 22.7. The predicted molar refractivity (Wildman–Crippen MR) is 193 cm³/mol. The predicted octanol–water partition coefficient (Wildman–Crippen LogP) is 8.52. The smallest absolute Gasteiger partial charge is 0.310 e. The molecule has 2 aromatic carbocycles.